The summed E-state index contributed by atoms with van der Waals surface area (Å²) in [5.74, 6) is 0.425. The minimum absolute atomic E-state index is 0.0300. The molecule has 1 aliphatic rings. The largest absolute Gasteiger partial charge is 0.350 e. The van der Waals surface area contributed by atoms with E-state index in [-0.39, 0.29) is 5.91 Å². The topological polar surface area (TPSA) is 74.2 Å². The van der Waals surface area contributed by atoms with E-state index < -0.39 is 0 Å². The van der Waals surface area contributed by atoms with Crippen molar-refractivity contribution in [2.75, 3.05) is 38.0 Å². The minimum atomic E-state index is -0.0300. The van der Waals surface area contributed by atoms with E-state index in [9.17, 15) is 4.79 Å². The Bertz CT molecular complexity index is 670. The molecule has 3 heterocycles. The average Bonchev–Trinajstić information content (AvgIpc) is 2.67. The number of rotatable bonds is 5. The summed E-state index contributed by atoms with van der Waals surface area (Å²) >= 11 is 0. The number of aromatic nitrogens is 3. The average molecular weight is 326 g/mol. The molecule has 1 fully saturated rings. The van der Waals surface area contributed by atoms with Crippen LogP contribution in [0.4, 0.5) is 5.95 Å². The second-order valence-electron chi connectivity index (χ2n) is 5.71. The molecule has 0 spiro atoms. The van der Waals surface area contributed by atoms with Gasteiger partial charge in [-0.2, -0.15) is 0 Å². The van der Waals surface area contributed by atoms with Crippen LogP contribution in [-0.2, 0) is 6.54 Å². The highest BCUT2D eigenvalue weighted by atomic mass is 16.2. The van der Waals surface area contributed by atoms with Gasteiger partial charge in [0.05, 0.1) is 0 Å². The van der Waals surface area contributed by atoms with Crippen molar-refractivity contribution in [2.24, 2.45) is 0 Å². The molecule has 1 amide bonds. The summed E-state index contributed by atoms with van der Waals surface area (Å²) in [5.41, 5.74) is 1.47. The Labute approximate surface area is 141 Å². The number of carbonyl (C=O) groups is 1. The van der Waals surface area contributed by atoms with E-state index in [0.717, 1.165) is 38.3 Å². The van der Waals surface area contributed by atoms with Crippen LogP contribution in [0.1, 0.15) is 23.0 Å². The lowest BCUT2D eigenvalue weighted by molar-refractivity contribution is 0.0637. The smallest absolute Gasteiger partial charge is 0.272 e. The molecule has 0 bridgehead atoms. The highest BCUT2D eigenvalue weighted by molar-refractivity contribution is 5.92. The van der Waals surface area contributed by atoms with Gasteiger partial charge in [0.1, 0.15) is 5.69 Å². The van der Waals surface area contributed by atoms with Crippen molar-refractivity contribution in [2.45, 2.75) is 13.5 Å². The lowest BCUT2D eigenvalue weighted by Gasteiger charge is -2.33. The lowest BCUT2D eigenvalue weighted by Crippen LogP contribution is -2.48. The highest BCUT2D eigenvalue weighted by Crippen LogP contribution is 2.09. The van der Waals surface area contributed by atoms with Crippen LogP contribution in [0.3, 0.4) is 0 Å². The quantitative estimate of drug-likeness (QED) is 0.892. The van der Waals surface area contributed by atoms with E-state index in [4.69, 9.17) is 0 Å². The Morgan fingerprint density at radius 1 is 1.21 bits per heavy atom. The summed E-state index contributed by atoms with van der Waals surface area (Å²) in [4.78, 5) is 29.4. The van der Waals surface area contributed by atoms with Crippen LogP contribution in [0.25, 0.3) is 0 Å². The number of anilines is 1. The monoisotopic (exact) mass is 326 g/mol. The SMILES string of the molecule is CCN1CCN(C(=O)c2ccnc(NCc3cccnc3)n2)CC1. The number of likely N-dealkylation sites (N-methyl/N-ethyl adjacent to an activating group) is 1. The lowest BCUT2D eigenvalue weighted by atomic mass is 10.2. The van der Waals surface area contributed by atoms with E-state index in [1.807, 2.05) is 17.0 Å². The van der Waals surface area contributed by atoms with Gasteiger partial charge in [0.2, 0.25) is 5.95 Å². The summed E-state index contributed by atoms with van der Waals surface area (Å²) in [5, 5.41) is 3.13. The molecule has 3 rings (SSSR count). The molecule has 0 aliphatic carbocycles. The molecule has 126 valence electrons. The molecule has 1 aliphatic heterocycles. The summed E-state index contributed by atoms with van der Waals surface area (Å²) in [6, 6.07) is 5.53. The predicted octanol–water partition coefficient (Wildman–Crippen LogP) is 1.26. The first kappa shape index (κ1) is 16.3. The summed E-state index contributed by atoms with van der Waals surface area (Å²) in [7, 11) is 0. The number of piperazine rings is 1. The third-order valence-electron chi connectivity index (χ3n) is 4.15. The Hall–Kier alpha value is -2.54. The molecule has 1 saturated heterocycles. The van der Waals surface area contributed by atoms with Gasteiger partial charge in [0.15, 0.2) is 0 Å². The van der Waals surface area contributed by atoms with Crippen LogP contribution < -0.4 is 5.32 Å². The van der Waals surface area contributed by atoms with Crippen molar-refractivity contribution in [1.29, 1.82) is 0 Å². The Kier molecular flexibility index (Phi) is 5.32. The Balaban J connectivity index is 1.61. The van der Waals surface area contributed by atoms with E-state index in [2.05, 4.69) is 32.1 Å². The van der Waals surface area contributed by atoms with E-state index in [0.29, 0.717) is 18.2 Å². The van der Waals surface area contributed by atoms with Gasteiger partial charge in [-0.1, -0.05) is 13.0 Å². The maximum atomic E-state index is 12.6. The van der Waals surface area contributed by atoms with Crippen molar-refractivity contribution < 1.29 is 4.79 Å². The number of nitrogens with one attached hydrogen (secondary N) is 1. The molecule has 0 saturated carbocycles. The fourth-order valence-corrected chi connectivity index (χ4v) is 2.68. The van der Waals surface area contributed by atoms with Gasteiger partial charge >= 0.3 is 0 Å². The second-order valence-corrected chi connectivity index (χ2v) is 5.71. The van der Waals surface area contributed by atoms with Gasteiger partial charge in [0, 0.05) is 51.3 Å². The predicted molar refractivity (Wildman–Crippen MR) is 91.6 cm³/mol. The van der Waals surface area contributed by atoms with Crippen LogP contribution in [-0.4, -0.2) is 63.4 Å². The van der Waals surface area contributed by atoms with Crippen LogP contribution in [0.2, 0.25) is 0 Å². The van der Waals surface area contributed by atoms with Crippen molar-refractivity contribution in [3.05, 3.63) is 48.0 Å². The van der Waals surface area contributed by atoms with Crippen LogP contribution in [0.5, 0.6) is 0 Å². The Morgan fingerprint density at radius 3 is 2.75 bits per heavy atom. The molecule has 0 unspecified atom stereocenters. The second kappa shape index (κ2) is 7.83. The first-order valence-electron chi connectivity index (χ1n) is 8.23. The molecule has 0 aromatic carbocycles. The third-order valence-corrected chi connectivity index (χ3v) is 4.15. The molecular formula is C17H22N6O. The molecule has 1 N–H and O–H groups in total. The first-order valence-corrected chi connectivity index (χ1v) is 8.23. The molecular weight excluding hydrogens is 304 g/mol. The van der Waals surface area contributed by atoms with Crippen LogP contribution >= 0.6 is 0 Å². The third kappa shape index (κ3) is 4.05. The molecule has 2 aromatic heterocycles. The number of carbonyl (C=O) groups excluding carboxylic acids is 1. The molecule has 2 aromatic rings. The molecule has 7 nitrogen and oxygen atoms in total. The maximum Gasteiger partial charge on any atom is 0.272 e. The van der Waals surface area contributed by atoms with Gasteiger partial charge in [-0.15, -0.1) is 0 Å². The van der Waals surface area contributed by atoms with Gasteiger partial charge in [-0.05, 0) is 24.2 Å². The van der Waals surface area contributed by atoms with Gasteiger partial charge in [0.25, 0.3) is 5.91 Å². The summed E-state index contributed by atoms with van der Waals surface area (Å²) in [6.07, 6.45) is 5.14. The fraction of sp³-hybridized carbons (Fsp3) is 0.412. The van der Waals surface area contributed by atoms with Crippen LogP contribution in [0.15, 0.2) is 36.8 Å². The highest BCUT2D eigenvalue weighted by Gasteiger charge is 2.22. The molecule has 24 heavy (non-hydrogen) atoms. The minimum Gasteiger partial charge on any atom is -0.350 e. The molecule has 7 heteroatoms. The number of pyridine rings is 1. The summed E-state index contributed by atoms with van der Waals surface area (Å²) in [6.45, 7) is 7.06. The Morgan fingerprint density at radius 2 is 2.04 bits per heavy atom. The zero-order chi connectivity index (χ0) is 16.8. The zero-order valence-corrected chi connectivity index (χ0v) is 13.9. The summed E-state index contributed by atoms with van der Waals surface area (Å²) < 4.78 is 0. The maximum absolute atomic E-state index is 12.6. The van der Waals surface area contributed by atoms with Crippen LogP contribution in [0, 0.1) is 0 Å². The molecule has 0 radical (unpaired) electrons. The van der Waals surface area contributed by atoms with Crippen molar-refractivity contribution in [3.8, 4) is 0 Å². The first-order chi connectivity index (χ1) is 11.8. The zero-order valence-electron chi connectivity index (χ0n) is 13.9. The van der Waals surface area contributed by atoms with E-state index >= 15 is 0 Å². The fourth-order valence-electron chi connectivity index (χ4n) is 2.68. The number of hydrogen-bond donors (Lipinski definition) is 1. The number of nitrogens with zero attached hydrogens (tertiary/aromatic N) is 5. The van der Waals surface area contributed by atoms with Gasteiger partial charge < -0.3 is 15.1 Å². The van der Waals surface area contributed by atoms with E-state index in [1.165, 1.54) is 0 Å². The standard InChI is InChI=1S/C17H22N6O/c1-2-22-8-10-23(11-9-22)16(24)15-5-7-19-17(21-15)20-13-14-4-3-6-18-12-14/h3-7,12H,2,8-11,13H2,1H3,(H,19,20,21). The van der Waals surface area contributed by atoms with Gasteiger partial charge in [-0.25, -0.2) is 9.97 Å². The normalized spacial score (nSPS) is 15.3. The van der Waals surface area contributed by atoms with Crippen molar-refractivity contribution in [1.82, 2.24) is 24.8 Å². The van der Waals surface area contributed by atoms with E-state index in [1.54, 1.807) is 24.7 Å². The number of amides is 1. The van der Waals surface area contributed by atoms with Gasteiger partial charge in [-0.3, -0.25) is 9.78 Å². The molecule has 0 atom stereocenters. The van der Waals surface area contributed by atoms with Crippen molar-refractivity contribution >= 4 is 11.9 Å². The number of hydrogen-bond acceptors (Lipinski definition) is 6. The van der Waals surface area contributed by atoms with Crippen molar-refractivity contribution in [3.63, 3.8) is 0 Å².